The molecule has 3 aromatic rings. The van der Waals surface area contributed by atoms with Gasteiger partial charge in [-0.3, -0.25) is 9.59 Å². The number of rotatable bonds is 3. The number of halogens is 1. The van der Waals surface area contributed by atoms with Crippen molar-refractivity contribution in [3.8, 4) is 0 Å². The largest absolute Gasteiger partial charge is 0.378 e. The SMILES string of the molecule is O=C(Nc1ccccc1C(=O)N1CCOCC1)c1cc2ccccc2c(Cl)n1. The molecule has 0 spiro atoms. The van der Waals surface area contributed by atoms with Crippen molar-refractivity contribution < 1.29 is 14.3 Å². The highest BCUT2D eigenvalue weighted by Crippen LogP contribution is 2.24. The fourth-order valence-electron chi connectivity index (χ4n) is 3.17. The molecule has 0 unspecified atom stereocenters. The highest BCUT2D eigenvalue weighted by atomic mass is 35.5. The number of carbonyl (C=O) groups excluding carboxylic acids is 2. The van der Waals surface area contributed by atoms with Crippen LogP contribution in [0, 0.1) is 0 Å². The number of carbonyl (C=O) groups is 2. The van der Waals surface area contributed by atoms with E-state index in [0.29, 0.717) is 37.6 Å². The van der Waals surface area contributed by atoms with Crippen LogP contribution in [0.3, 0.4) is 0 Å². The van der Waals surface area contributed by atoms with Gasteiger partial charge in [-0.2, -0.15) is 0 Å². The van der Waals surface area contributed by atoms with Crippen molar-refractivity contribution in [1.29, 1.82) is 0 Å². The first-order chi connectivity index (χ1) is 13.6. The maximum absolute atomic E-state index is 12.8. The van der Waals surface area contributed by atoms with E-state index >= 15 is 0 Å². The summed E-state index contributed by atoms with van der Waals surface area (Å²) in [6, 6.07) is 16.1. The molecule has 2 amide bonds. The lowest BCUT2D eigenvalue weighted by molar-refractivity contribution is 0.0303. The zero-order valence-electron chi connectivity index (χ0n) is 15.0. The van der Waals surface area contributed by atoms with E-state index in [0.717, 1.165) is 10.8 Å². The zero-order valence-corrected chi connectivity index (χ0v) is 15.8. The molecule has 7 heteroatoms. The Labute approximate surface area is 167 Å². The Hall–Kier alpha value is -2.96. The van der Waals surface area contributed by atoms with Crippen LogP contribution in [0.15, 0.2) is 54.6 Å². The lowest BCUT2D eigenvalue weighted by Crippen LogP contribution is -2.41. The summed E-state index contributed by atoms with van der Waals surface area (Å²) < 4.78 is 5.30. The number of hydrogen-bond donors (Lipinski definition) is 1. The monoisotopic (exact) mass is 395 g/mol. The Balaban J connectivity index is 1.61. The van der Waals surface area contributed by atoms with Gasteiger partial charge in [-0.1, -0.05) is 48.0 Å². The predicted molar refractivity (Wildman–Crippen MR) is 108 cm³/mol. The van der Waals surface area contributed by atoms with Gasteiger partial charge in [-0.25, -0.2) is 4.98 Å². The molecule has 1 aromatic heterocycles. The average Bonchev–Trinajstić information content (AvgIpc) is 2.74. The number of aromatic nitrogens is 1. The standard InChI is InChI=1S/C21H18ClN3O3/c22-19-15-6-2-1-5-14(15)13-18(23-19)20(26)24-17-8-4-3-7-16(17)21(27)25-9-11-28-12-10-25/h1-8,13H,9-12H2,(H,24,26). The third kappa shape index (κ3) is 3.69. The molecule has 4 rings (SSSR count). The summed E-state index contributed by atoms with van der Waals surface area (Å²) in [6.07, 6.45) is 0. The Morgan fingerprint density at radius 1 is 1.04 bits per heavy atom. The summed E-state index contributed by atoms with van der Waals surface area (Å²) in [6.45, 7) is 2.09. The van der Waals surface area contributed by atoms with E-state index in [9.17, 15) is 9.59 Å². The van der Waals surface area contributed by atoms with Crippen LogP contribution >= 0.6 is 11.6 Å². The van der Waals surface area contributed by atoms with Crippen molar-refractivity contribution in [2.75, 3.05) is 31.6 Å². The lowest BCUT2D eigenvalue weighted by Gasteiger charge is -2.27. The number of anilines is 1. The van der Waals surface area contributed by atoms with Gasteiger partial charge in [-0.05, 0) is 23.6 Å². The van der Waals surface area contributed by atoms with Crippen molar-refractivity contribution in [2.24, 2.45) is 0 Å². The van der Waals surface area contributed by atoms with Gasteiger partial charge in [0.1, 0.15) is 10.8 Å². The van der Waals surface area contributed by atoms with Gasteiger partial charge >= 0.3 is 0 Å². The number of hydrogen-bond acceptors (Lipinski definition) is 4. The molecule has 1 aliphatic rings. The van der Waals surface area contributed by atoms with Crippen molar-refractivity contribution in [1.82, 2.24) is 9.88 Å². The van der Waals surface area contributed by atoms with Crippen LogP contribution in [-0.4, -0.2) is 48.0 Å². The second-order valence-electron chi connectivity index (χ2n) is 6.42. The van der Waals surface area contributed by atoms with Gasteiger partial charge in [0.2, 0.25) is 0 Å². The minimum Gasteiger partial charge on any atom is -0.378 e. The second-order valence-corrected chi connectivity index (χ2v) is 6.78. The molecule has 2 aromatic carbocycles. The molecule has 0 radical (unpaired) electrons. The highest BCUT2D eigenvalue weighted by Gasteiger charge is 2.22. The second kappa shape index (κ2) is 7.96. The van der Waals surface area contributed by atoms with E-state index in [1.54, 1.807) is 35.2 Å². The van der Waals surface area contributed by atoms with Crippen LogP contribution in [0.2, 0.25) is 5.15 Å². The first-order valence-corrected chi connectivity index (χ1v) is 9.34. The minimum absolute atomic E-state index is 0.135. The molecule has 0 aliphatic carbocycles. The number of benzene rings is 2. The quantitative estimate of drug-likeness (QED) is 0.687. The molecule has 1 N–H and O–H groups in total. The van der Waals surface area contributed by atoms with Crippen LogP contribution < -0.4 is 5.32 Å². The van der Waals surface area contributed by atoms with Crippen LogP contribution in [0.1, 0.15) is 20.8 Å². The number of ether oxygens (including phenoxy) is 1. The van der Waals surface area contributed by atoms with Crippen LogP contribution in [0.4, 0.5) is 5.69 Å². The smallest absolute Gasteiger partial charge is 0.274 e. The number of morpholine rings is 1. The highest BCUT2D eigenvalue weighted by molar-refractivity contribution is 6.34. The maximum atomic E-state index is 12.8. The van der Waals surface area contributed by atoms with Crippen molar-refractivity contribution in [2.45, 2.75) is 0 Å². The molecular weight excluding hydrogens is 378 g/mol. The van der Waals surface area contributed by atoms with E-state index < -0.39 is 5.91 Å². The van der Waals surface area contributed by atoms with E-state index in [1.807, 2.05) is 24.3 Å². The van der Waals surface area contributed by atoms with Crippen LogP contribution in [0.25, 0.3) is 10.8 Å². The summed E-state index contributed by atoms with van der Waals surface area (Å²) in [5, 5.41) is 4.67. The Morgan fingerprint density at radius 3 is 2.57 bits per heavy atom. The topological polar surface area (TPSA) is 71.5 Å². The van der Waals surface area contributed by atoms with E-state index in [4.69, 9.17) is 16.3 Å². The first-order valence-electron chi connectivity index (χ1n) is 8.96. The summed E-state index contributed by atoms with van der Waals surface area (Å²) in [5.74, 6) is -0.557. The Bertz CT molecular complexity index is 1050. The molecule has 0 saturated carbocycles. The van der Waals surface area contributed by atoms with Crippen LogP contribution in [-0.2, 0) is 4.74 Å². The summed E-state index contributed by atoms with van der Waals surface area (Å²) in [7, 11) is 0. The normalized spacial score (nSPS) is 14.1. The fraction of sp³-hybridized carbons (Fsp3) is 0.190. The number of fused-ring (bicyclic) bond motifs is 1. The Kier molecular flexibility index (Phi) is 5.23. The molecule has 1 aliphatic heterocycles. The third-order valence-electron chi connectivity index (χ3n) is 4.63. The summed E-state index contributed by atoms with van der Waals surface area (Å²) >= 11 is 6.23. The molecule has 1 saturated heterocycles. The number of nitrogens with zero attached hydrogens (tertiary/aromatic N) is 2. The Morgan fingerprint density at radius 2 is 1.75 bits per heavy atom. The molecule has 0 atom stereocenters. The fourth-order valence-corrected chi connectivity index (χ4v) is 3.44. The number of para-hydroxylation sites is 1. The number of pyridine rings is 1. The first kappa shape index (κ1) is 18.4. The minimum atomic E-state index is -0.421. The van der Waals surface area contributed by atoms with Crippen molar-refractivity contribution >= 4 is 39.9 Å². The number of amides is 2. The average molecular weight is 396 g/mol. The predicted octanol–water partition coefficient (Wildman–Crippen LogP) is 3.61. The zero-order chi connectivity index (χ0) is 19.5. The van der Waals surface area contributed by atoms with E-state index in [2.05, 4.69) is 10.3 Å². The molecule has 2 heterocycles. The molecular formula is C21H18ClN3O3. The maximum Gasteiger partial charge on any atom is 0.274 e. The molecule has 28 heavy (non-hydrogen) atoms. The molecule has 6 nitrogen and oxygen atoms in total. The molecule has 1 fully saturated rings. The van der Waals surface area contributed by atoms with Gasteiger partial charge in [0, 0.05) is 18.5 Å². The summed E-state index contributed by atoms with van der Waals surface area (Å²) in [5.41, 5.74) is 1.07. The van der Waals surface area contributed by atoms with Gasteiger partial charge in [0.15, 0.2) is 0 Å². The van der Waals surface area contributed by atoms with Gasteiger partial charge < -0.3 is 15.0 Å². The molecule has 0 bridgehead atoms. The van der Waals surface area contributed by atoms with E-state index in [1.165, 1.54) is 0 Å². The number of nitrogens with one attached hydrogen (secondary N) is 1. The van der Waals surface area contributed by atoms with Gasteiger partial charge in [0.25, 0.3) is 11.8 Å². The van der Waals surface area contributed by atoms with Crippen LogP contribution in [0.5, 0.6) is 0 Å². The third-order valence-corrected chi connectivity index (χ3v) is 4.92. The van der Waals surface area contributed by atoms with Crippen molar-refractivity contribution in [3.63, 3.8) is 0 Å². The lowest BCUT2D eigenvalue weighted by atomic mass is 10.1. The summed E-state index contributed by atoms with van der Waals surface area (Å²) in [4.78, 5) is 31.6. The van der Waals surface area contributed by atoms with E-state index in [-0.39, 0.29) is 16.8 Å². The van der Waals surface area contributed by atoms with Crippen molar-refractivity contribution in [3.05, 3.63) is 71.0 Å². The van der Waals surface area contributed by atoms with Gasteiger partial charge in [0.05, 0.1) is 24.5 Å². The molecule has 142 valence electrons. The van der Waals surface area contributed by atoms with Gasteiger partial charge in [-0.15, -0.1) is 0 Å².